The molecule has 2 atom stereocenters. The van der Waals surface area contributed by atoms with Crippen molar-refractivity contribution >= 4 is 11.3 Å². The first-order valence-corrected chi connectivity index (χ1v) is 6.24. The van der Waals surface area contributed by atoms with E-state index in [0.717, 1.165) is 4.88 Å². The van der Waals surface area contributed by atoms with Gasteiger partial charge >= 0.3 is 0 Å². The number of hydrogen-bond acceptors (Lipinski definition) is 1. The van der Waals surface area contributed by atoms with E-state index in [4.69, 9.17) is 0 Å². The van der Waals surface area contributed by atoms with E-state index < -0.39 is 18.3 Å². The minimum Gasteiger partial charge on any atom is -0.247 e. The summed E-state index contributed by atoms with van der Waals surface area (Å²) in [5, 5.41) is 0. The van der Waals surface area contributed by atoms with E-state index in [0.29, 0.717) is 12.8 Å². The number of thiophene rings is 1. The van der Waals surface area contributed by atoms with Gasteiger partial charge in [0.25, 0.3) is 0 Å². The summed E-state index contributed by atoms with van der Waals surface area (Å²) in [5.74, 6) is -0.341. The van der Waals surface area contributed by atoms with Crippen LogP contribution in [0.4, 0.5) is 8.78 Å². The van der Waals surface area contributed by atoms with E-state index in [1.165, 1.54) is 4.88 Å². The number of alkyl halides is 2. The van der Waals surface area contributed by atoms with Gasteiger partial charge in [0.05, 0.1) is 0 Å². The predicted molar refractivity (Wildman–Crippen MR) is 60.0 cm³/mol. The zero-order valence-electron chi connectivity index (χ0n) is 9.04. The van der Waals surface area contributed by atoms with Gasteiger partial charge < -0.3 is 0 Å². The third-order valence-corrected chi connectivity index (χ3v) is 4.49. The van der Waals surface area contributed by atoms with Gasteiger partial charge in [0.15, 0.2) is 0 Å². The van der Waals surface area contributed by atoms with Crippen LogP contribution in [0.3, 0.4) is 0 Å². The summed E-state index contributed by atoms with van der Waals surface area (Å²) < 4.78 is 27.1. The lowest BCUT2D eigenvalue weighted by molar-refractivity contribution is 0.0762. The van der Waals surface area contributed by atoms with Gasteiger partial charge in [-0.25, -0.2) is 8.78 Å². The normalized spacial score (nSPS) is 36.8. The molecule has 1 fully saturated rings. The highest BCUT2D eigenvalue weighted by molar-refractivity contribution is 7.12. The SMILES string of the molecule is Cc1ccc(C2CC(F)C(C)C(F)C2)s1. The molecule has 0 amide bonds. The molecule has 0 bridgehead atoms. The molecule has 1 saturated carbocycles. The molecule has 0 radical (unpaired) electrons. The summed E-state index contributed by atoms with van der Waals surface area (Å²) in [6.07, 6.45) is -0.995. The summed E-state index contributed by atoms with van der Waals surface area (Å²) >= 11 is 1.67. The molecule has 1 aliphatic carbocycles. The topological polar surface area (TPSA) is 0 Å². The zero-order chi connectivity index (χ0) is 11.0. The maximum absolute atomic E-state index is 13.5. The Labute approximate surface area is 93.3 Å². The first kappa shape index (κ1) is 11.1. The Kier molecular flexibility index (Phi) is 3.10. The Morgan fingerprint density at radius 1 is 1.20 bits per heavy atom. The average molecular weight is 230 g/mol. The van der Waals surface area contributed by atoms with Crippen LogP contribution in [0, 0.1) is 12.8 Å². The molecule has 0 spiro atoms. The molecule has 0 saturated heterocycles. The van der Waals surface area contributed by atoms with Crippen molar-refractivity contribution in [1.29, 1.82) is 0 Å². The Morgan fingerprint density at radius 3 is 2.27 bits per heavy atom. The van der Waals surface area contributed by atoms with Crippen LogP contribution in [0.15, 0.2) is 12.1 Å². The second kappa shape index (κ2) is 4.20. The second-order valence-electron chi connectivity index (χ2n) is 4.51. The van der Waals surface area contributed by atoms with Crippen molar-refractivity contribution in [3.05, 3.63) is 21.9 Å². The summed E-state index contributed by atoms with van der Waals surface area (Å²) in [6, 6.07) is 4.04. The van der Waals surface area contributed by atoms with Crippen LogP contribution in [-0.2, 0) is 0 Å². The van der Waals surface area contributed by atoms with Crippen LogP contribution in [-0.4, -0.2) is 12.3 Å². The minimum absolute atomic E-state index is 0.0879. The van der Waals surface area contributed by atoms with Crippen molar-refractivity contribution in [1.82, 2.24) is 0 Å². The van der Waals surface area contributed by atoms with E-state index in [9.17, 15) is 8.78 Å². The van der Waals surface area contributed by atoms with Gasteiger partial charge in [-0.1, -0.05) is 6.92 Å². The lowest BCUT2D eigenvalue weighted by Crippen LogP contribution is -2.32. The third kappa shape index (κ3) is 2.22. The van der Waals surface area contributed by atoms with Crippen molar-refractivity contribution in [3.8, 4) is 0 Å². The summed E-state index contributed by atoms with van der Waals surface area (Å²) in [6.45, 7) is 3.70. The lowest BCUT2D eigenvalue weighted by Gasteiger charge is -2.32. The fourth-order valence-electron chi connectivity index (χ4n) is 2.20. The maximum atomic E-state index is 13.5. The highest BCUT2D eigenvalue weighted by atomic mass is 32.1. The maximum Gasteiger partial charge on any atom is 0.106 e. The van der Waals surface area contributed by atoms with E-state index in [1.807, 2.05) is 19.1 Å². The van der Waals surface area contributed by atoms with E-state index in [1.54, 1.807) is 18.3 Å². The van der Waals surface area contributed by atoms with Gasteiger partial charge in [-0.3, -0.25) is 0 Å². The molecule has 1 aromatic heterocycles. The smallest absolute Gasteiger partial charge is 0.106 e. The Morgan fingerprint density at radius 2 is 1.80 bits per heavy atom. The lowest BCUT2D eigenvalue weighted by atomic mass is 9.79. The molecule has 0 N–H and O–H groups in total. The number of rotatable bonds is 1. The Hall–Kier alpha value is -0.440. The molecule has 0 nitrogen and oxygen atoms in total. The molecule has 0 aromatic carbocycles. The summed E-state index contributed by atoms with van der Waals surface area (Å²) in [7, 11) is 0. The molecule has 3 heteroatoms. The predicted octanol–water partition coefficient (Wildman–Crippen LogP) is 4.25. The molecular weight excluding hydrogens is 214 g/mol. The number of aryl methyl sites for hydroxylation is 1. The van der Waals surface area contributed by atoms with Crippen molar-refractivity contribution < 1.29 is 8.78 Å². The quantitative estimate of drug-likeness (QED) is 0.676. The molecule has 0 aliphatic heterocycles. The summed E-state index contributed by atoms with van der Waals surface area (Å²) in [5.41, 5.74) is 0. The first-order valence-electron chi connectivity index (χ1n) is 5.42. The zero-order valence-corrected chi connectivity index (χ0v) is 9.86. The van der Waals surface area contributed by atoms with Gasteiger partial charge in [0.2, 0.25) is 0 Å². The van der Waals surface area contributed by atoms with Gasteiger partial charge in [0, 0.05) is 15.7 Å². The van der Waals surface area contributed by atoms with E-state index in [2.05, 4.69) is 0 Å². The molecule has 1 heterocycles. The molecule has 15 heavy (non-hydrogen) atoms. The van der Waals surface area contributed by atoms with Crippen LogP contribution in [0.2, 0.25) is 0 Å². The van der Waals surface area contributed by atoms with Crippen LogP contribution in [0.25, 0.3) is 0 Å². The van der Waals surface area contributed by atoms with Gasteiger partial charge in [0.1, 0.15) is 12.3 Å². The van der Waals surface area contributed by atoms with Gasteiger partial charge in [-0.2, -0.15) is 0 Å². The van der Waals surface area contributed by atoms with Crippen molar-refractivity contribution in [2.24, 2.45) is 5.92 Å². The Bertz CT molecular complexity index is 322. The molecule has 1 aromatic rings. The van der Waals surface area contributed by atoms with Crippen molar-refractivity contribution in [2.45, 2.75) is 45.0 Å². The van der Waals surface area contributed by atoms with Crippen LogP contribution in [0.5, 0.6) is 0 Å². The standard InChI is InChI=1S/C12H16F2S/c1-7-3-4-12(15-7)9-5-10(13)8(2)11(14)6-9/h3-4,8-11H,5-6H2,1-2H3. The highest BCUT2D eigenvalue weighted by Crippen LogP contribution is 2.41. The molecule has 84 valence electrons. The molecule has 2 rings (SSSR count). The van der Waals surface area contributed by atoms with E-state index in [-0.39, 0.29) is 5.92 Å². The molecular formula is C12H16F2S. The van der Waals surface area contributed by atoms with Crippen LogP contribution < -0.4 is 0 Å². The Balaban J connectivity index is 2.12. The van der Waals surface area contributed by atoms with Crippen LogP contribution in [0.1, 0.15) is 35.4 Å². The fourth-order valence-corrected chi connectivity index (χ4v) is 3.20. The van der Waals surface area contributed by atoms with E-state index >= 15 is 0 Å². The highest BCUT2D eigenvalue weighted by Gasteiger charge is 2.36. The second-order valence-corrected chi connectivity index (χ2v) is 5.83. The van der Waals surface area contributed by atoms with Gasteiger partial charge in [-0.05, 0) is 37.8 Å². The van der Waals surface area contributed by atoms with Gasteiger partial charge in [-0.15, -0.1) is 11.3 Å². The number of halogens is 2. The molecule has 1 aliphatic rings. The fraction of sp³-hybridized carbons (Fsp3) is 0.667. The first-order chi connectivity index (χ1) is 7.08. The average Bonchev–Trinajstić information content (AvgIpc) is 2.60. The van der Waals surface area contributed by atoms with Crippen LogP contribution >= 0.6 is 11.3 Å². The molecule has 2 unspecified atom stereocenters. The summed E-state index contributed by atoms with van der Waals surface area (Å²) in [4.78, 5) is 2.36. The monoisotopic (exact) mass is 230 g/mol. The minimum atomic E-state index is -0.985. The van der Waals surface area contributed by atoms with Crippen molar-refractivity contribution in [2.75, 3.05) is 0 Å². The third-order valence-electron chi connectivity index (χ3n) is 3.32. The largest absolute Gasteiger partial charge is 0.247 e. The number of hydrogen-bond donors (Lipinski definition) is 0. The van der Waals surface area contributed by atoms with Crippen molar-refractivity contribution in [3.63, 3.8) is 0 Å².